The molecule has 0 atom stereocenters. The van der Waals surface area contributed by atoms with E-state index in [4.69, 9.17) is 5.26 Å². The first-order valence-corrected chi connectivity index (χ1v) is 8.28. The quantitative estimate of drug-likeness (QED) is 0.861. The summed E-state index contributed by atoms with van der Waals surface area (Å²) in [7, 11) is 0. The summed E-state index contributed by atoms with van der Waals surface area (Å²) in [6, 6.07) is 9.64. The maximum absolute atomic E-state index is 14.0. The highest BCUT2D eigenvalue weighted by atomic mass is 19.1. The van der Waals surface area contributed by atoms with Gasteiger partial charge in [-0.1, -0.05) is 39.0 Å². The Balaban J connectivity index is 2.25. The average molecular weight is 355 g/mol. The van der Waals surface area contributed by atoms with E-state index in [1.807, 2.05) is 6.07 Å². The van der Waals surface area contributed by atoms with E-state index in [-0.39, 0.29) is 36.1 Å². The van der Waals surface area contributed by atoms with Gasteiger partial charge in [0.1, 0.15) is 17.7 Å². The van der Waals surface area contributed by atoms with Crippen molar-refractivity contribution in [2.75, 3.05) is 18.0 Å². The van der Waals surface area contributed by atoms with Crippen molar-refractivity contribution in [3.8, 4) is 6.07 Å². The third-order valence-electron chi connectivity index (χ3n) is 3.54. The Morgan fingerprint density at radius 3 is 2.69 bits per heavy atom. The van der Waals surface area contributed by atoms with Gasteiger partial charge in [0.25, 0.3) is 0 Å². The van der Waals surface area contributed by atoms with Gasteiger partial charge in [-0.05, 0) is 17.5 Å². The zero-order valence-electron chi connectivity index (χ0n) is 15.2. The molecule has 26 heavy (non-hydrogen) atoms. The molecule has 1 aromatic carbocycles. The number of nitrogens with zero attached hydrogens (tertiary/aromatic N) is 4. The van der Waals surface area contributed by atoms with Gasteiger partial charge in [-0.25, -0.2) is 14.4 Å². The van der Waals surface area contributed by atoms with Crippen molar-refractivity contribution < 1.29 is 9.18 Å². The second-order valence-corrected chi connectivity index (χ2v) is 7.09. The molecule has 2 rings (SSSR count). The standard InChI is InChI=1S/C19H22FN5O/c1-19(2,3)13-22-11-18(26)25(12-14-6-4-5-7-15(14)20)17-8-9-23-16(10-21)24-17/h4-9,22H,11-13H2,1-3H3. The number of aromatic nitrogens is 2. The molecule has 0 saturated carbocycles. The first-order chi connectivity index (χ1) is 12.3. The molecule has 0 aliphatic rings. The Morgan fingerprint density at radius 1 is 1.31 bits per heavy atom. The predicted octanol–water partition coefficient (Wildman–Crippen LogP) is 2.66. The lowest BCUT2D eigenvalue weighted by molar-refractivity contribution is -0.118. The summed E-state index contributed by atoms with van der Waals surface area (Å²) in [6.45, 7) is 6.93. The van der Waals surface area contributed by atoms with E-state index in [2.05, 4.69) is 36.1 Å². The van der Waals surface area contributed by atoms with Crippen molar-refractivity contribution in [2.45, 2.75) is 27.3 Å². The lowest BCUT2D eigenvalue weighted by atomic mass is 9.97. The van der Waals surface area contributed by atoms with Gasteiger partial charge in [-0.2, -0.15) is 5.26 Å². The van der Waals surface area contributed by atoms with E-state index < -0.39 is 5.82 Å². The predicted molar refractivity (Wildman–Crippen MR) is 96.7 cm³/mol. The number of nitriles is 1. The second-order valence-electron chi connectivity index (χ2n) is 7.09. The molecule has 7 heteroatoms. The van der Waals surface area contributed by atoms with Crippen LogP contribution in [0, 0.1) is 22.6 Å². The van der Waals surface area contributed by atoms with Crippen LogP contribution in [0.25, 0.3) is 0 Å². The van der Waals surface area contributed by atoms with Gasteiger partial charge < -0.3 is 5.32 Å². The highest BCUT2D eigenvalue weighted by Crippen LogP contribution is 2.17. The van der Waals surface area contributed by atoms with Gasteiger partial charge in [-0.3, -0.25) is 9.69 Å². The van der Waals surface area contributed by atoms with Crippen molar-refractivity contribution in [1.82, 2.24) is 15.3 Å². The lowest BCUT2D eigenvalue weighted by Gasteiger charge is -2.24. The van der Waals surface area contributed by atoms with E-state index in [9.17, 15) is 9.18 Å². The molecule has 0 aliphatic carbocycles. The molecule has 1 heterocycles. The molecular formula is C19H22FN5O. The molecule has 0 aliphatic heterocycles. The van der Waals surface area contributed by atoms with Gasteiger partial charge in [0.05, 0.1) is 13.1 Å². The van der Waals surface area contributed by atoms with Crippen LogP contribution < -0.4 is 10.2 Å². The van der Waals surface area contributed by atoms with Gasteiger partial charge in [-0.15, -0.1) is 0 Å². The third kappa shape index (κ3) is 5.60. The number of rotatable bonds is 6. The topological polar surface area (TPSA) is 81.9 Å². The van der Waals surface area contributed by atoms with Crippen molar-refractivity contribution in [3.63, 3.8) is 0 Å². The SMILES string of the molecule is CC(C)(C)CNCC(=O)N(Cc1ccccc1F)c1ccnc(C#N)n1. The van der Waals surface area contributed by atoms with Crippen LogP contribution in [0.1, 0.15) is 32.2 Å². The number of halogens is 1. The fourth-order valence-corrected chi connectivity index (χ4v) is 2.29. The zero-order chi connectivity index (χ0) is 19.2. The molecule has 0 bridgehead atoms. The second kappa shape index (κ2) is 8.50. The molecule has 1 N–H and O–H groups in total. The molecule has 0 radical (unpaired) electrons. The van der Waals surface area contributed by atoms with Gasteiger partial charge >= 0.3 is 0 Å². The number of nitrogens with one attached hydrogen (secondary N) is 1. The Labute approximate surface area is 152 Å². The summed E-state index contributed by atoms with van der Waals surface area (Å²) < 4.78 is 14.0. The van der Waals surface area contributed by atoms with Crippen molar-refractivity contribution in [1.29, 1.82) is 5.26 Å². The number of carbonyl (C=O) groups is 1. The molecule has 0 fully saturated rings. The summed E-state index contributed by atoms with van der Waals surface area (Å²) in [5, 5.41) is 12.1. The number of hydrogen-bond donors (Lipinski definition) is 1. The summed E-state index contributed by atoms with van der Waals surface area (Å²) in [5.41, 5.74) is 0.397. The monoisotopic (exact) mass is 355 g/mol. The molecule has 0 saturated heterocycles. The van der Waals surface area contributed by atoms with Crippen molar-refractivity contribution in [3.05, 3.63) is 53.7 Å². The van der Waals surface area contributed by atoms with Crippen molar-refractivity contribution in [2.24, 2.45) is 5.41 Å². The Morgan fingerprint density at radius 2 is 2.04 bits per heavy atom. The molecule has 1 aromatic heterocycles. The summed E-state index contributed by atoms with van der Waals surface area (Å²) in [4.78, 5) is 22.0. The Hall–Kier alpha value is -2.85. The average Bonchev–Trinajstić information content (AvgIpc) is 2.60. The molecule has 2 aromatic rings. The van der Waals surface area contributed by atoms with Crippen molar-refractivity contribution >= 4 is 11.7 Å². The summed E-state index contributed by atoms with van der Waals surface area (Å²) in [5.74, 6) is -0.443. The fourth-order valence-electron chi connectivity index (χ4n) is 2.29. The maximum atomic E-state index is 14.0. The molecule has 6 nitrogen and oxygen atoms in total. The fraction of sp³-hybridized carbons (Fsp3) is 0.368. The van der Waals surface area contributed by atoms with E-state index in [0.29, 0.717) is 12.1 Å². The molecule has 0 spiro atoms. The Kier molecular flexibility index (Phi) is 6.36. The highest BCUT2D eigenvalue weighted by Gasteiger charge is 2.20. The maximum Gasteiger partial charge on any atom is 0.242 e. The summed E-state index contributed by atoms with van der Waals surface area (Å²) >= 11 is 0. The largest absolute Gasteiger partial charge is 0.308 e. The number of anilines is 1. The Bertz CT molecular complexity index is 810. The van der Waals surface area contributed by atoms with Crippen LogP contribution in [0.15, 0.2) is 36.5 Å². The zero-order valence-corrected chi connectivity index (χ0v) is 15.2. The van der Waals surface area contributed by atoms with Crippen LogP contribution in [0.3, 0.4) is 0 Å². The summed E-state index contributed by atoms with van der Waals surface area (Å²) in [6.07, 6.45) is 1.41. The number of carbonyl (C=O) groups excluding carboxylic acids is 1. The number of hydrogen-bond acceptors (Lipinski definition) is 5. The smallest absolute Gasteiger partial charge is 0.242 e. The normalized spacial score (nSPS) is 11.0. The third-order valence-corrected chi connectivity index (χ3v) is 3.54. The van der Waals surface area contributed by atoms with Crippen LogP contribution in [0.5, 0.6) is 0 Å². The van der Waals surface area contributed by atoms with Crippen LogP contribution in [-0.2, 0) is 11.3 Å². The van der Waals surface area contributed by atoms with Crippen LogP contribution in [0.4, 0.5) is 10.2 Å². The van der Waals surface area contributed by atoms with E-state index >= 15 is 0 Å². The highest BCUT2D eigenvalue weighted by molar-refractivity contribution is 5.93. The van der Waals surface area contributed by atoms with Crippen LogP contribution >= 0.6 is 0 Å². The van der Waals surface area contributed by atoms with E-state index in [1.165, 1.54) is 23.2 Å². The van der Waals surface area contributed by atoms with Gasteiger partial charge in [0.15, 0.2) is 0 Å². The minimum Gasteiger partial charge on any atom is -0.308 e. The molecule has 0 unspecified atom stereocenters. The lowest BCUT2D eigenvalue weighted by Crippen LogP contribution is -2.40. The minimum absolute atomic E-state index is 0.0184. The van der Waals surface area contributed by atoms with Gasteiger partial charge in [0, 0.05) is 18.3 Å². The van der Waals surface area contributed by atoms with E-state index in [0.717, 1.165) is 0 Å². The van der Waals surface area contributed by atoms with Crippen LogP contribution in [0.2, 0.25) is 0 Å². The first kappa shape index (κ1) is 19.5. The van der Waals surface area contributed by atoms with Crippen LogP contribution in [-0.4, -0.2) is 29.0 Å². The van der Waals surface area contributed by atoms with Gasteiger partial charge in [0.2, 0.25) is 11.7 Å². The number of benzene rings is 1. The minimum atomic E-state index is -0.400. The molecule has 136 valence electrons. The number of amides is 1. The first-order valence-electron chi connectivity index (χ1n) is 8.28. The van der Waals surface area contributed by atoms with E-state index in [1.54, 1.807) is 18.2 Å². The molecule has 1 amide bonds. The molecular weight excluding hydrogens is 333 g/mol.